The molecule has 0 bridgehead atoms. The van der Waals surface area contributed by atoms with Gasteiger partial charge in [-0.05, 0) is 24.8 Å². The van der Waals surface area contributed by atoms with Crippen LogP contribution in [-0.4, -0.2) is 22.2 Å². The Balaban J connectivity index is 1.89. The summed E-state index contributed by atoms with van der Waals surface area (Å²) >= 11 is 0. The van der Waals surface area contributed by atoms with Gasteiger partial charge in [0.05, 0.1) is 12.1 Å². The topological polar surface area (TPSA) is 46.9 Å². The van der Waals surface area contributed by atoms with Crippen LogP contribution in [0.3, 0.4) is 0 Å². The third-order valence-electron chi connectivity index (χ3n) is 4.53. The highest BCUT2D eigenvalue weighted by molar-refractivity contribution is 5.99. The zero-order chi connectivity index (χ0) is 19.2. The van der Waals surface area contributed by atoms with Crippen molar-refractivity contribution in [3.8, 4) is 11.3 Å². The van der Waals surface area contributed by atoms with Crippen LogP contribution in [0, 0.1) is 12.8 Å². The van der Waals surface area contributed by atoms with Crippen molar-refractivity contribution < 1.29 is 4.79 Å². The molecule has 0 aliphatic rings. The van der Waals surface area contributed by atoms with E-state index in [0.29, 0.717) is 24.6 Å². The minimum Gasteiger partial charge on any atom is -0.352 e. The molecule has 3 aromatic rings. The fourth-order valence-electron chi connectivity index (χ4n) is 2.93. The predicted molar refractivity (Wildman–Crippen MR) is 110 cm³/mol. The van der Waals surface area contributed by atoms with Crippen LogP contribution in [0.5, 0.6) is 0 Å². The van der Waals surface area contributed by atoms with Gasteiger partial charge in [0.2, 0.25) is 0 Å². The highest BCUT2D eigenvalue weighted by Gasteiger charge is 2.18. The number of hydrogen-bond acceptors (Lipinski definition) is 2. The van der Waals surface area contributed by atoms with Crippen molar-refractivity contribution in [1.82, 2.24) is 15.1 Å². The number of nitrogens with one attached hydrogen (secondary N) is 1. The lowest BCUT2D eigenvalue weighted by molar-refractivity contribution is 0.0952. The van der Waals surface area contributed by atoms with E-state index in [1.807, 2.05) is 53.3 Å². The van der Waals surface area contributed by atoms with E-state index in [0.717, 1.165) is 23.2 Å². The second-order valence-electron chi connectivity index (χ2n) is 7.38. The molecule has 4 nitrogen and oxygen atoms in total. The number of rotatable bonds is 7. The van der Waals surface area contributed by atoms with Gasteiger partial charge < -0.3 is 5.32 Å². The number of amides is 1. The molecule has 2 aromatic carbocycles. The fourth-order valence-corrected chi connectivity index (χ4v) is 2.93. The van der Waals surface area contributed by atoms with Gasteiger partial charge in [0.1, 0.15) is 5.69 Å². The number of carbonyl (C=O) groups is 1. The maximum atomic E-state index is 12.8. The number of aromatic nitrogens is 2. The molecule has 1 amide bonds. The molecule has 0 unspecified atom stereocenters. The Morgan fingerprint density at radius 2 is 1.78 bits per heavy atom. The van der Waals surface area contributed by atoms with Crippen molar-refractivity contribution in [2.45, 2.75) is 33.7 Å². The quantitative estimate of drug-likeness (QED) is 0.664. The summed E-state index contributed by atoms with van der Waals surface area (Å²) in [5.74, 6) is 0.494. The van der Waals surface area contributed by atoms with Gasteiger partial charge in [-0.1, -0.05) is 74.0 Å². The van der Waals surface area contributed by atoms with Crippen LogP contribution < -0.4 is 5.32 Å². The molecule has 0 saturated heterocycles. The third-order valence-corrected chi connectivity index (χ3v) is 4.53. The summed E-state index contributed by atoms with van der Waals surface area (Å²) in [4.78, 5) is 12.8. The van der Waals surface area contributed by atoms with E-state index in [-0.39, 0.29) is 5.91 Å². The molecule has 0 radical (unpaired) electrons. The third kappa shape index (κ3) is 5.07. The first-order valence-electron chi connectivity index (χ1n) is 9.49. The molecule has 0 atom stereocenters. The van der Waals surface area contributed by atoms with E-state index in [9.17, 15) is 4.79 Å². The van der Waals surface area contributed by atoms with Gasteiger partial charge in [-0.3, -0.25) is 9.48 Å². The predicted octanol–water partition coefficient (Wildman–Crippen LogP) is 4.68. The summed E-state index contributed by atoms with van der Waals surface area (Å²) in [6, 6.07) is 18.3. The van der Waals surface area contributed by atoms with Crippen molar-refractivity contribution in [2.24, 2.45) is 5.92 Å². The van der Waals surface area contributed by atoms with E-state index >= 15 is 0 Å². The Labute approximate surface area is 161 Å². The maximum Gasteiger partial charge on any atom is 0.255 e. The van der Waals surface area contributed by atoms with Crippen molar-refractivity contribution >= 4 is 5.91 Å². The van der Waals surface area contributed by atoms with E-state index in [2.05, 4.69) is 38.2 Å². The second-order valence-corrected chi connectivity index (χ2v) is 7.38. The summed E-state index contributed by atoms with van der Waals surface area (Å²) in [7, 11) is 0. The van der Waals surface area contributed by atoms with E-state index in [1.165, 1.54) is 5.56 Å². The fraction of sp³-hybridized carbons (Fsp3) is 0.304. The van der Waals surface area contributed by atoms with Crippen LogP contribution in [0.4, 0.5) is 0 Å². The average Bonchev–Trinajstić information content (AvgIpc) is 3.06. The largest absolute Gasteiger partial charge is 0.352 e. The van der Waals surface area contributed by atoms with E-state index in [1.54, 1.807) is 0 Å². The van der Waals surface area contributed by atoms with Crippen LogP contribution in [-0.2, 0) is 6.54 Å². The monoisotopic (exact) mass is 361 g/mol. The Hall–Kier alpha value is -2.88. The molecule has 3 rings (SSSR count). The molecule has 1 heterocycles. The van der Waals surface area contributed by atoms with Gasteiger partial charge in [-0.15, -0.1) is 0 Å². The molecule has 0 saturated carbocycles. The second kappa shape index (κ2) is 8.67. The Morgan fingerprint density at radius 1 is 1.07 bits per heavy atom. The van der Waals surface area contributed by atoms with E-state index in [4.69, 9.17) is 5.10 Å². The van der Waals surface area contributed by atoms with Crippen molar-refractivity contribution in [3.63, 3.8) is 0 Å². The molecular weight excluding hydrogens is 334 g/mol. The van der Waals surface area contributed by atoms with Crippen molar-refractivity contribution in [3.05, 3.63) is 77.5 Å². The lowest BCUT2D eigenvalue weighted by Crippen LogP contribution is -2.25. The molecule has 0 aliphatic heterocycles. The zero-order valence-electron chi connectivity index (χ0n) is 16.3. The van der Waals surface area contributed by atoms with Gasteiger partial charge in [-0.2, -0.15) is 5.10 Å². The maximum absolute atomic E-state index is 12.8. The molecule has 0 aliphatic carbocycles. The SMILES string of the molecule is Cc1ccc(-c2nn(Cc3ccccc3)cc2C(=O)NCCC(C)C)cc1. The molecule has 4 heteroatoms. The average molecular weight is 361 g/mol. The van der Waals surface area contributed by atoms with Crippen molar-refractivity contribution in [1.29, 1.82) is 0 Å². The van der Waals surface area contributed by atoms with Gasteiger partial charge in [0.25, 0.3) is 5.91 Å². The Morgan fingerprint density at radius 3 is 2.44 bits per heavy atom. The Bertz CT molecular complexity index is 880. The summed E-state index contributed by atoms with van der Waals surface area (Å²) in [6.45, 7) is 7.67. The first kappa shape index (κ1) is 18.9. The first-order valence-corrected chi connectivity index (χ1v) is 9.49. The van der Waals surface area contributed by atoms with Crippen LogP contribution >= 0.6 is 0 Å². The van der Waals surface area contributed by atoms with Crippen LogP contribution in [0.25, 0.3) is 11.3 Å². The van der Waals surface area contributed by atoms with Crippen LogP contribution in [0.2, 0.25) is 0 Å². The number of carbonyl (C=O) groups excluding carboxylic acids is 1. The van der Waals surface area contributed by atoms with Gasteiger partial charge in [0.15, 0.2) is 0 Å². The minimum atomic E-state index is -0.0643. The summed E-state index contributed by atoms with van der Waals surface area (Å²) in [5, 5.41) is 7.76. The number of nitrogens with zero attached hydrogens (tertiary/aromatic N) is 2. The summed E-state index contributed by atoms with van der Waals surface area (Å²) in [6.07, 6.45) is 2.82. The molecule has 0 fully saturated rings. The highest BCUT2D eigenvalue weighted by atomic mass is 16.1. The first-order chi connectivity index (χ1) is 13.0. The zero-order valence-corrected chi connectivity index (χ0v) is 16.3. The molecule has 27 heavy (non-hydrogen) atoms. The summed E-state index contributed by atoms with van der Waals surface area (Å²) in [5.41, 5.74) is 4.65. The highest BCUT2D eigenvalue weighted by Crippen LogP contribution is 2.23. The number of benzene rings is 2. The smallest absolute Gasteiger partial charge is 0.255 e. The molecule has 0 spiro atoms. The molecule has 1 N–H and O–H groups in total. The number of aryl methyl sites for hydroxylation is 1. The van der Waals surface area contributed by atoms with Crippen molar-refractivity contribution in [2.75, 3.05) is 6.54 Å². The van der Waals surface area contributed by atoms with Crippen LogP contribution in [0.1, 0.15) is 41.8 Å². The van der Waals surface area contributed by atoms with Gasteiger partial charge in [-0.25, -0.2) is 0 Å². The molecule has 140 valence electrons. The lowest BCUT2D eigenvalue weighted by atomic mass is 10.1. The van der Waals surface area contributed by atoms with Gasteiger partial charge in [0, 0.05) is 18.3 Å². The normalized spacial score (nSPS) is 11.0. The lowest BCUT2D eigenvalue weighted by Gasteiger charge is -2.07. The van der Waals surface area contributed by atoms with E-state index < -0.39 is 0 Å². The summed E-state index contributed by atoms with van der Waals surface area (Å²) < 4.78 is 1.85. The number of hydrogen-bond donors (Lipinski definition) is 1. The minimum absolute atomic E-state index is 0.0643. The van der Waals surface area contributed by atoms with Gasteiger partial charge >= 0.3 is 0 Å². The Kier molecular flexibility index (Phi) is 6.07. The standard InChI is InChI=1S/C23H27N3O/c1-17(2)13-14-24-23(27)21-16-26(15-19-7-5-4-6-8-19)25-22(21)20-11-9-18(3)10-12-20/h4-12,16-17H,13-15H2,1-3H3,(H,24,27). The van der Waals surface area contributed by atoms with Crippen LogP contribution in [0.15, 0.2) is 60.8 Å². The molecular formula is C23H27N3O. The molecule has 1 aromatic heterocycles.